The Morgan fingerprint density at radius 3 is 1.76 bits per heavy atom. The van der Waals surface area contributed by atoms with Crippen LogP contribution in [-0.2, 0) is 5.67 Å². The van der Waals surface area contributed by atoms with Crippen LogP contribution < -0.4 is 0 Å². The van der Waals surface area contributed by atoms with Crippen LogP contribution >= 0.6 is 11.6 Å². The molecule has 1 atom stereocenters. The van der Waals surface area contributed by atoms with Crippen LogP contribution in [0.2, 0.25) is 5.02 Å². The van der Waals surface area contributed by atoms with E-state index < -0.39 is 40.1 Å². The Labute approximate surface area is 163 Å². The van der Waals surface area contributed by atoms with Crippen LogP contribution in [-0.4, -0.2) is 18.3 Å². The fraction of sp³-hybridized carbons (Fsp3) is 0.278. The molecule has 0 amide bonds. The van der Waals surface area contributed by atoms with Crippen LogP contribution in [0.5, 0.6) is 0 Å². The molecule has 2 aromatic rings. The molecule has 0 fully saturated rings. The summed E-state index contributed by atoms with van der Waals surface area (Å²) in [5, 5.41) is 8.10. The van der Waals surface area contributed by atoms with Gasteiger partial charge in [-0.2, -0.15) is 40.4 Å². The lowest BCUT2D eigenvalue weighted by Gasteiger charge is -2.37. The number of nitrogens with zero attached hydrogens (tertiary/aromatic N) is 1. The van der Waals surface area contributed by atoms with Gasteiger partial charge in [-0.25, -0.2) is 4.39 Å². The molecule has 0 saturated heterocycles. The van der Waals surface area contributed by atoms with E-state index in [9.17, 15) is 35.1 Å². The number of hydrogen-bond acceptors (Lipinski definition) is 1. The molecule has 0 aliphatic heterocycles. The molecule has 1 nitrogen and oxygen atoms in total. The van der Waals surface area contributed by atoms with Crippen LogP contribution in [0.1, 0.15) is 16.7 Å². The molecule has 11 heteroatoms. The van der Waals surface area contributed by atoms with Gasteiger partial charge in [-0.1, -0.05) is 29.8 Å². The molecule has 0 radical (unpaired) electrons. The number of rotatable bonds is 3. The van der Waals surface area contributed by atoms with Crippen molar-refractivity contribution in [2.45, 2.75) is 30.9 Å². The molecule has 0 aromatic heterocycles. The smallest absolute Gasteiger partial charge is 0.221 e. The second kappa shape index (κ2) is 7.13. The van der Waals surface area contributed by atoms with Crippen LogP contribution in [0, 0.1) is 18.3 Å². The molecule has 0 N–H and O–H groups in total. The lowest BCUT2D eigenvalue weighted by Crippen LogP contribution is -2.60. The van der Waals surface area contributed by atoms with Gasteiger partial charge in [0.05, 0.1) is 11.6 Å². The van der Waals surface area contributed by atoms with Crippen LogP contribution in [0.25, 0.3) is 11.1 Å². The monoisotopic (exact) mass is 445 g/mol. The first kappa shape index (κ1) is 22.9. The van der Waals surface area contributed by atoms with Crippen LogP contribution in [0.4, 0.5) is 39.5 Å². The summed E-state index contributed by atoms with van der Waals surface area (Å²) in [5.74, 6) is -6.82. The first-order valence-corrected chi connectivity index (χ1v) is 7.97. The molecule has 0 saturated carbocycles. The Hall–Kier alpha value is -2.41. The van der Waals surface area contributed by atoms with E-state index in [1.165, 1.54) is 0 Å². The van der Waals surface area contributed by atoms with Gasteiger partial charge in [0, 0.05) is 16.1 Å². The van der Waals surface area contributed by atoms with Gasteiger partial charge in [0.15, 0.2) is 0 Å². The van der Waals surface area contributed by atoms with Gasteiger partial charge in [0.2, 0.25) is 0 Å². The highest BCUT2D eigenvalue weighted by molar-refractivity contribution is 6.33. The predicted octanol–water partition coefficient (Wildman–Crippen LogP) is 7.11. The molecule has 0 spiro atoms. The summed E-state index contributed by atoms with van der Waals surface area (Å²) in [6.45, 7) is 1.06. The van der Waals surface area contributed by atoms with Crippen molar-refractivity contribution < 1.29 is 39.5 Å². The Bertz CT molecular complexity index is 956. The number of hydrogen-bond donors (Lipinski definition) is 0. The zero-order valence-electron chi connectivity index (χ0n) is 14.2. The highest BCUT2D eigenvalue weighted by atomic mass is 35.5. The van der Waals surface area contributed by atoms with Gasteiger partial charge >= 0.3 is 23.9 Å². The highest BCUT2D eigenvalue weighted by Crippen LogP contribution is 2.60. The number of aryl methyl sites for hydroxylation is 1. The van der Waals surface area contributed by atoms with Gasteiger partial charge in [-0.3, -0.25) is 0 Å². The standard InChI is InChI=1S/C18H9ClF9N/c1-9-6-12(15(20,17(23,24)25)16(21,22)18(26,27)28)14(13(19)7-9)11-4-2-10(8-29)3-5-11/h2-7H,1H3. The summed E-state index contributed by atoms with van der Waals surface area (Å²) in [6, 6.07) is 6.96. The maximum Gasteiger partial charge on any atom is 0.457 e. The van der Waals surface area contributed by atoms with E-state index in [0.717, 1.165) is 37.3 Å². The van der Waals surface area contributed by atoms with E-state index in [1.54, 1.807) is 6.07 Å². The summed E-state index contributed by atoms with van der Waals surface area (Å²) in [5.41, 5.74) is -9.74. The highest BCUT2D eigenvalue weighted by Gasteiger charge is 2.82. The Kier molecular flexibility index (Phi) is 5.62. The lowest BCUT2D eigenvalue weighted by atomic mass is 9.81. The zero-order valence-corrected chi connectivity index (χ0v) is 14.9. The average Bonchev–Trinajstić information content (AvgIpc) is 2.58. The molecule has 0 heterocycles. The summed E-state index contributed by atoms with van der Waals surface area (Å²) in [4.78, 5) is 0. The molecule has 1 unspecified atom stereocenters. The Morgan fingerprint density at radius 1 is 0.828 bits per heavy atom. The number of benzene rings is 2. The first-order valence-electron chi connectivity index (χ1n) is 7.59. The fourth-order valence-electron chi connectivity index (χ4n) is 2.71. The third kappa shape index (κ3) is 3.64. The fourth-order valence-corrected chi connectivity index (χ4v) is 3.10. The molecular formula is C18H9ClF9N. The minimum Gasteiger partial charge on any atom is -0.221 e. The van der Waals surface area contributed by atoms with Crippen molar-refractivity contribution in [2.75, 3.05) is 0 Å². The average molecular weight is 446 g/mol. The van der Waals surface area contributed by atoms with E-state index >= 15 is 4.39 Å². The molecule has 0 bridgehead atoms. The number of halogens is 10. The van der Waals surface area contributed by atoms with Crippen molar-refractivity contribution in [3.63, 3.8) is 0 Å². The van der Waals surface area contributed by atoms with Crippen molar-refractivity contribution >= 4 is 11.6 Å². The lowest BCUT2D eigenvalue weighted by molar-refractivity contribution is -0.389. The van der Waals surface area contributed by atoms with Crippen molar-refractivity contribution in [3.05, 3.63) is 58.1 Å². The maximum absolute atomic E-state index is 15.1. The van der Waals surface area contributed by atoms with Crippen molar-refractivity contribution in [3.8, 4) is 17.2 Å². The van der Waals surface area contributed by atoms with Crippen LogP contribution in [0.15, 0.2) is 36.4 Å². The van der Waals surface area contributed by atoms with Gasteiger partial charge in [-0.15, -0.1) is 0 Å². The molecule has 2 rings (SSSR count). The predicted molar refractivity (Wildman–Crippen MR) is 86.2 cm³/mol. The third-order valence-corrected chi connectivity index (χ3v) is 4.39. The summed E-state index contributed by atoms with van der Waals surface area (Å²) in [7, 11) is 0. The molecule has 0 aliphatic rings. The number of alkyl halides is 9. The van der Waals surface area contributed by atoms with Crippen LogP contribution in [0.3, 0.4) is 0 Å². The minimum atomic E-state index is -6.85. The summed E-state index contributed by atoms with van der Waals surface area (Å²) < 4.78 is 122. The van der Waals surface area contributed by atoms with Gasteiger partial charge in [0.1, 0.15) is 0 Å². The Balaban J connectivity index is 2.98. The number of nitriles is 1. The van der Waals surface area contributed by atoms with Gasteiger partial charge in [0.25, 0.3) is 0 Å². The maximum atomic E-state index is 15.1. The van der Waals surface area contributed by atoms with E-state index in [4.69, 9.17) is 16.9 Å². The molecule has 29 heavy (non-hydrogen) atoms. The second-order valence-electron chi connectivity index (χ2n) is 6.09. The minimum absolute atomic E-state index is 0.0153. The van der Waals surface area contributed by atoms with Crippen molar-refractivity contribution in [1.29, 1.82) is 5.26 Å². The van der Waals surface area contributed by atoms with Crippen molar-refractivity contribution in [2.24, 2.45) is 0 Å². The van der Waals surface area contributed by atoms with Gasteiger partial charge in [-0.05, 0) is 36.2 Å². The van der Waals surface area contributed by atoms with E-state index in [2.05, 4.69) is 0 Å². The second-order valence-corrected chi connectivity index (χ2v) is 6.49. The van der Waals surface area contributed by atoms with E-state index in [0.29, 0.717) is 0 Å². The van der Waals surface area contributed by atoms with E-state index in [-0.39, 0.29) is 22.8 Å². The molecule has 156 valence electrons. The van der Waals surface area contributed by atoms with Gasteiger partial charge < -0.3 is 0 Å². The first-order chi connectivity index (χ1) is 13.1. The molecular weight excluding hydrogens is 437 g/mol. The summed E-state index contributed by atoms with van der Waals surface area (Å²) in [6.07, 6.45) is -13.5. The van der Waals surface area contributed by atoms with E-state index in [1.807, 2.05) is 0 Å². The Morgan fingerprint density at radius 2 is 1.34 bits per heavy atom. The topological polar surface area (TPSA) is 23.8 Å². The molecule has 0 aliphatic carbocycles. The van der Waals surface area contributed by atoms with Crippen molar-refractivity contribution in [1.82, 2.24) is 0 Å². The normalized spacial score (nSPS) is 15.0. The summed E-state index contributed by atoms with van der Waals surface area (Å²) >= 11 is 5.84. The molecule has 2 aromatic carbocycles. The quantitative estimate of drug-likeness (QED) is 0.462. The largest absolute Gasteiger partial charge is 0.457 e. The SMILES string of the molecule is Cc1cc(Cl)c(-c2ccc(C#N)cc2)c(C(F)(C(F)(F)F)C(F)(F)C(F)(F)F)c1. The third-order valence-electron chi connectivity index (χ3n) is 4.09. The zero-order chi connectivity index (χ0) is 22.4.